The van der Waals surface area contributed by atoms with Gasteiger partial charge < -0.3 is 9.64 Å². The van der Waals surface area contributed by atoms with Gasteiger partial charge in [0.25, 0.3) is 0 Å². The van der Waals surface area contributed by atoms with Gasteiger partial charge in [0.15, 0.2) is 0 Å². The van der Waals surface area contributed by atoms with Crippen LogP contribution in [-0.2, 0) is 4.79 Å². The second-order valence-corrected chi connectivity index (χ2v) is 4.51. The van der Waals surface area contributed by atoms with E-state index in [1.54, 1.807) is 18.2 Å². The van der Waals surface area contributed by atoms with Crippen molar-refractivity contribution in [1.29, 1.82) is 0 Å². The van der Waals surface area contributed by atoms with Crippen LogP contribution in [0.2, 0.25) is 0 Å². The van der Waals surface area contributed by atoms with Crippen molar-refractivity contribution >= 4 is 11.6 Å². The van der Waals surface area contributed by atoms with Gasteiger partial charge >= 0.3 is 0 Å². The number of carbonyl (C=O) groups is 1. The maximum Gasteiger partial charge on any atom is 0.227 e. The normalized spacial score (nSPS) is 18.3. The first-order valence-electron chi connectivity index (χ1n) is 5.97. The number of aromatic nitrogens is 1. The Morgan fingerprint density at radius 2 is 2.47 bits per heavy atom. The first-order valence-corrected chi connectivity index (χ1v) is 5.97. The highest BCUT2D eigenvalue weighted by molar-refractivity contribution is 5.95. The molecule has 100 valence electrons. The van der Waals surface area contributed by atoms with Crippen LogP contribution in [0.1, 0.15) is 12.0 Å². The van der Waals surface area contributed by atoms with Gasteiger partial charge in [0, 0.05) is 30.0 Å². The molecule has 1 fully saturated rings. The lowest BCUT2D eigenvalue weighted by atomic mass is 10.1. The highest BCUT2D eigenvalue weighted by atomic mass is 16.5. The molecule has 0 spiro atoms. The van der Waals surface area contributed by atoms with Crippen molar-refractivity contribution in [1.82, 2.24) is 4.98 Å². The van der Waals surface area contributed by atoms with E-state index < -0.39 is 0 Å². The Balaban J connectivity index is 2.16. The third-order valence-corrected chi connectivity index (χ3v) is 3.13. The van der Waals surface area contributed by atoms with Gasteiger partial charge in [-0.25, -0.2) is 4.98 Å². The molecule has 1 atom stereocenters. The number of aryl methyl sites for hydroxylation is 1. The third kappa shape index (κ3) is 2.77. The van der Waals surface area contributed by atoms with Crippen LogP contribution in [0.5, 0.6) is 5.88 Å². The van der Waals surface area contributed by atoms with Gasteiger partial charge in [-0.1, -0.05) is 5.11 Å². The van der Waals surface area contributed by atoms with E-state index in [-0.39, 0.29) is 11.8 Å². The molecule has 1 aromatic heterocycles. The lowest BCUT2D eigenvalue weighted by molar-refractivity contribution is -0.117. The average Bonchev–Trinajstić information content (AvgIpc) is 2.77. The van der Waals surface area contributed by atoms with Crippen LogP contribution < -0.4 is 9.64 Å². The summed E-state index contributed by atoms with van der Waals surface area (Å²) in [7, 11) is 1.56. The minimum atomic E-state index is 0.0320. The molecule has 0 aliphatic carbocycles. The number of azide groups is 1. The Kier molecular flexibility index (Phi) is 3.87. The van der Waals surface area contributed by atoms with Crippen molar-refractivity contribution in [3.8, 4) is 5.88 Å². The van der Waals surface area contributed by atoms with Crippen molar-refractivity contribution in [3.05, 3.63) is 28.3 Å². The number of methoxy groups -OCH3 is 1. The first kappa shape index (κ1) is 13.2. The number of carbonyl (C=O) groups excluding carboxylic acids is 1. The molecular formula is C12H15N5O2. The highest BCUT2D eigenvalue weighted by Crippen LogP contribution is 2.27. The van der Waals surface area contributed by atoms with E-state index in [9.17, 15) is 4.79 Å². The fraction of sp³-hybridized carbons (Fsp3) is 0.500. The van der Waals surface area contributed by atoms with Crippen LogP contribution in [0.15, 0.2) is 17.4 Å². The standard InChI is InChI=1S/C12H15N5O2/c1-8-3-10(6-14-12(8)19-2)17-7-9(4-11(17)18)5-15-16-13/h3,6,9H,4-5,7H2,1-2H3. The number of hydrogen-bond donors (Lipinski definition) is 0. The molecule has 0 radical (unpaired) electrons. The quantitative estimate of drug-likeness (QED) is 0.472. The fourth-order valence-corrected chi connectivity index (χ4v) is 2.21. The number of amides is 1. The summed E-state index contributed by atoms with van der Waals surface area (Å²) in [5, 5.41) is 3.53. The van der Waals surface area contributed by atoms with Crippen LogP contribution in [0.25, 0.3) is 10.4 Å². The zero-order valence-corrected chi connectivity index (χ0v) is 10.9. The summed E-state index contributed by atoms with van der Waals surface area (Å²) < 4.78 is 5.09. The van der Waals surface area contributed by atoms with Crippen LogP contribution in [0.3, 0.4) is 0 Å². The van der Waals surface area contributed by atoms with Crippen LogP contribution in [0, 0.1) is 12.8 Å². The van der Waals surface area contributed by atoms with Crippen molar-refractivity contribution < 1.29 is 9.53 Å². The number of hydrogen-bond acceptors (Lipinski definition) is 4. The summed E-state index contributed by atoms with van der Waals surface area (Å²) in [6, 6.07) is 1.87. The molecule has 1 aliphatic rings. The maximum atomic E-state index is 11.9. The topological polar surface area (TPSA) is 91.2 Å². The van der Waals surface area contributed by atoms with Crippen molar-refractivity contribution in [2.24, 2.45) is 11.0 Å². The van der Waals surface area contributed by atoms with Gasteiger partial charge in [0.2, 0.25) is 11.8 Å². The van der Waals surface area contributed by atoms with E-state index in [0.29, 0.717) is 25.4 Å². The molecule has 2 heterocycles. The number of pyridine rings is 1. The van der Waals surface area contributed by atoms with Crippen molar-refractivity contribution in [2.45, 2.75) is 13.3 Å². The van der Waals surface area contributed by atoms with Gasteiger partial charge in [0.1, 0.15) is 0 Å². The Morgan fingerprint density at radius 3 is 3.11 bits per heavy atom. The molecule has 0 N–H and O–H groups in total. The number of ether oxygens (including phenoxy) is 1. The van der Waals surface area contributed by atoms with E-state index in [1.807, 2.05) is 13.0 Å². The maximum absolute atomic E-state index is 11.9. The smallest absolute Gasteiger partial charge is 0.227 e. The van der Waals surface area contributed by atoms with Crippen LogP contribution in [0.4, 0.5) is 5.69 Å². The van der Waals surface area contributed by atoms with E-state index in [4.69, 9.17) is 10.3 Å². The first-order chi connectivity index (χ1) is 9.15. The average molecular weight is 261 g/mol. The molecule has 0 saturated carbocycles. The molecule has 1 aliphatic heterocycles. The van der Waals surface area contributed by atoms with Crippen LogP contribution >= 0.6 is 0 Å². The Bertz CT molecular complexity index is 539. The zero-order chi connectivity index (χ0) is 13.8. The molecule has 0 aromatic carbocycles. The van der Waals surface area contributed by atoms with Gasteiger partial charge in [-0.3, -0.25) is 4.79 Å². The number of nitrogens with zero attached hydrogens (tertiary/aromatic N) is 5. The molecule has 1 amide bonds. The molecule has 1 unspecified atom stereocenters. The van der Waals surface area contributed by atoms with E-state index in [0.717, 1.165) is 11.3 Å². The lowest BCUT2D eigenvalue weighted by Crippen LogP contribution is -2.25. The largest absolute Gasteiger partial charge is 0.481 e. The summed E-state index contributed by atoms with van der Waals surface area (Å²) in [5.41, 5.74) is 9.94. The van der Waals surface area contributed by atoms with Gasteiger partial charge in [-0.15, -0.1) is 0 Å². The summed E-state index contributed by atoms with van der Waals surface area (Å²) in [4.78, 5) is 20.5. The van der Waals surface area contributed by atoms with Gasteiger partial charge in [-0.05, 0) is 24.4 Å². The lowest BCUT2D eigenvalue weighted by Gasteiger charge is -2.17. The fourth-order valence-electron chi connectivity index (χ4n) is 2.21. The SMILES string of the molecule is COc1ncc(N2CC(CN=[N+]=[N-])CC2=O)cc1C. The Morgan fingerprint density at radius 1 is 1.68 bits per heavy atom. The van der Waals surface area contributed by atoms with E-state index in [1.165, 1.54) is 0 Å². The summed E-state index contributed by atoms with van der Waals surface area (Å²) in [6.07, 6.45) is 2.03. The minimum absolute atomic E-state index is 0.0320. The molecule has 1 saturated heterocycles. The minimum Gasteiger partial charge on any atom is -0.481 e. The summed E-state index contributed by atoms with van der Waals surface area (Å²) >= 11 is 0. The Hall–Kier alpha value is -2.27. The summed E-state index contributed by atoms with van der Waals surface area (Å²) in [6.45, 7) is 2.79. The van der Waals surface area contributed by atoms with E-state index in [2.05, 4.69) is 15.0 Å². The predicted octanol–water partition coefficient (Wildman–Crippen LogP) is 2.06. The highest BCUT2D eigenvalue weighted by Gasteiger charge is 2.30. The number of rotatable bonds is 4. The second kappa shape index (κ2) is 5.58. The molecule has 0 bridgehead atoms. The Labute approximate surface area is 110 Å². The molecule has 19 heavy (non-hydrogen) atoms. The van der Waals surface area contributed by atoms with Crippen molar-refractivity contribution in [3.63, 3.8) is 0 Å². The third-order valence-electron chi connectivity index (χ3n) is 3.13. The van der Waals surface area contributed by atoms with Gasteiger partial charge in [0.05, 0.1) is 19.0 Å². The predicted molar refractivity (Wildman–Crippen MR) is 70.0 cm³/mol. The number of anilines is 1. The molecule has 1 aromatic rings. The molecule has 7 heteroatoms. The molecule has 2 rings (SSSR count). The van der Waals surface area contributed by atoms with Crippen LogP contribution in [-0.4, -0.2) is 31.1 Å². The summed E-state index contributed by atoms with van der Waals surface area (Å²) in [5.74, 6) is 0.663. The van der Waals surface area contributed by atoms with E-state index >= 15 is 0 Å². The second-order valence-electron chi connectivity index (χ2n) is 4.51. The van der Waals surface area contributed by atoms with Crippen molar-refractivity contribution in [2.75, 3.05) is 25.1 Å². The van der Waals surface area contributed by atoms with Gasteiger partial charge in [-0.2, -0.15) is 0 Å². The zero-order valence-electron chi connectivity index (χ0n) is 10.9. The molecule has 7 nitrogen and oxygen atoms in total. The molecular weight excluding hydrogens is 246 g/mol. The monoisotopic (exact) mass is 261 g/mol.